The molecular formula is C23H16BrClN2O6. The first-order valence-electron chi connectivity index (χ1n) is 10.2. The molecule has 4 aliphatic rings. The van der Waals surface area contributed by atoms with Crippen LogP contribution in [0.4, 0.5) is 4.79 Å². The van der Waals surface area contributed by atoms with Crippen molar-refractivity contribution in [3.05, 3.63) is 62.1 Å². The number of phenolic OH excluding ortho intramolecular Hbond substituents is 1. The molecule has 3 aliphatic carbocycles. The first kappa shape index (κ1) is 21.8. The number of imide groups is 3. The molecule has 3 N–H and O–H groups in total. The van der Waals surface area contributed by atoms with Crippen molar-refractivity contribution < 1.29 is 29.1 Å². The zero-order valence-electron chi connectivity index (χ0n) is 16.9. The molecule has 1 heterocycles. The molecule has 33 heavy (non-hydrogen) atoms. The van der Waals surface area contributed by atoms with Crippen molar-refractivity contribution in [3.63, 3.8) is 0 Å². The van der Waals surface area contributed by atoms with Gasteiger partial charge in [-0.1, -0.05) is 29.3 Å². The highest BCUT2D eigenvalue weighted by atomic mass is 79.9. The lowest BCUT2D eigenvalue weighted by Gasteiger charge is -2.42. The van der Waals surface area contributed by atoms with Gasteiger partial charge in [-0.25, -0.2) is 4.79 Å². The zero-order valence-corrected chi connectivity index (χ0v) is 19.2. The van der Waals surface area contributed by atoms with Gasteiger partial charge in [0.2, 0.25) is 11.8 Å². The number of ketones is 2. The molecule has 1 aromatic rings. The Hall–Kier alpha value is -3.04. The van der Waals surface area contributed by atoms with E-state index in [4.69, 9.17) is 17.3 Å². The van der Waals surface area contributed by atoms with Gasteiger partial charge >= 0.3 is 6.03 Å². The number of carbonyl (C=O) groups excluding carboxylic acids is 5. The Morgan fingerprint density at radius 1 is 1.15 bits per heavy atom. The van der Waals surface area contributed by atoms with Crippen LogP contribution < -0.4 is 5.73 Å². The summed E-state index contributed by atoms with van der Waals surface area (Å²) in [4.78, 5) is 64.2. The molecule has 4 unspecified atom stereocenters. The molecule has 0 radical (unpaired) electrons. The average molecular weight is 532 g/mol. The van der Waals surface area contributed by atoms with Gasteiger partial charge < -0.3 is 10.8 Å². The monoisotopic (exact) mass is 530 g/mol. The number of halogens is 2. The molecule has 4 amide bonds. The Morgan fingerprint density at radius 2 is 1.88 bits per heavy atom. The maximum atomic E-state index is 13.1. The summed E-state index contributed by atoms with van der Waals surface area (Å²) >= 11 is 9.59. The standard InChI is InChI=1S/C23H16BrClN2O6/c24-14-7-16(29)19-13(20(14)30)6-12-9(17(19)10-2-1-8(28)5-15(10)25)3-4-11-18(12)22(32)27(21(11)31)23(26)33/h1-3,5,7,11-12,17-18,28H,4,6H2,(H2,26,33). The third-order valence-corrected chi connectivity index (χ3v) is 7.76. The van der Waals surface area contributed by atoms with Crippen LogP contribution in [0.3, 0.4) is 0 Å². The summed E-state index contributed by atoms with van der Waals surface area (Å²) in [6.45, 7) is 0. The maximum Gasteiger partial charge on any atom is 0.328 e. The average Bonchev–Trinajstić information content (AvgIpc) is 3.01. The molecule has 10 heteroatoms. The first-order chi connectivity index (χ1) is 15.6. The minimum atomic E-state index is -1.13. The van der Waals surface area contributed by atoms with Gasteiger partial charge in [0.05, 0.1) is 16.3 Å². The van der Waals surface area contributed by atoms with Crippen molar-refractivity contribution in [2.75, 3.05) is 0 Å². The largest absolute Gasteiger partial charge is 0.508 e. The molecular weight excluding hydrogens is 516 g/mol. The van der Waals surface area contributed by atoms with Gasteiger partial charge in [-0.05, 0) is 52.4 Å². The predicted octanol–water partition coefficient (Wildman–Crippen LogP) is 2.89. The summed E-state index contributed by atoms with van der Waals surface area (Å²) in [5.41, 5.74) is 6.96. The Labute approximate surface area is 200 Å². The molecule has 4 atom stereocenters. The van der Waals surface area contributed by atoms with Crippen molar-refractivity contribution in [2.24, 2.45) is 23.5 Å². The third-order valence-electron chi connectivity index (χ3n) is 6.85. The van der Waals surface area contributed by atoms with Gasteiger partial charge in [0.25, 0.3) is 0 Å². The smallest absolute Gasteiger partial charge is 0.328 e. The van der Waals surface area contributed by atoms with Gasteiger partial charge in [-0.3, -0.25) is 19.2 Å². The summed E-state index contributed by atoms with van der Waals surface area (Å²) < 4.78 is 0.106. The number of benzene rings is 1. The first-order valence-corrected chi connectivity index (χ1v) is 11.3. The number of nitrogens with zero attached hydrogens (tertiary/aromatic N) is 1. The lowest BCUT2D eigenvalue weighted by molar-refractivity contribution is -0.136. The molecule has 1 aliphatic heterocycles. The van der Waals surface area contributed by atoms with E-state index >= 15 is 0 Å². The number of urea groups is 1. The van der Waals surface area contributed by atoms with Crippen LogP contribution in [0.5, 0.6) is 5.75 Å². The number of fused-ring (bicyclic) bond motifs is 3. The Bertz CT molecular complexity index is 1300. The fourth-order valence-electron chi connectivity index (χ4n) is 5.53. The third kappa shape index (κ3) is 3.06. The van der Waals surface area contributed by atoms with Crippen LogP contribution in [0.1, 0.15) is 24.3 Å². The van der Waals surface area contributed by atoms with Gasteiger partial charge in [0.15, 0.2) is 11.6 Å². The van der Waals surface area contributed by atoms with E-state index in [1.165, 1.54) is 18.2 Å². The van der Waals surface area contributed by atoms with Gasteiger partial charge in [0.1, 0.15) is 5.75 Å². The topological polar surface area (TPSA) is 135 Å². The van der Waals surface area contributed by atoms with Crippen LogP contribution in [0.2, 0.25) is 5.02 Å². The number of allylic oxidation sites excluding steroid dienone is 6. The number of nitrogens with two attached hydrogens (primary N) is 1. The van der Waals surface area contributed by atoms with Crippen molar-refractivity contribution in [1.29, 1.82) is 0 Å². The maximum absolute atomic E-state index is 13.1. The molecule has 1 saturated heterocycles. The Balaban J connectivity index is 1.72. The fourth-order valence-corrected chi connectivity index (χ4v) is 6.26. The highest BCUT2D eigenvalue weighted by Gasteiger charge is 2.57. The van der Waals surface area contributed by atoms with E-state index < -0.39 is 41.5 Å². The summed E-state index contributed by atoms with van der Waals surface area (Å²) in [6, 6.07) is 3.21. The normalized spacial score (nSPS) is 28.8. The quantitative estimate of drug-likeness (QED) is 0.325. The number of carbonyl (C=O) groups is 5. The Morgan fingerprint density at radius 3 is 2.55 bits per heavy atom. The predicted molar refractivity (Wildman–Crippen MR) is 119 cm³/mol. The van der Waals surface area contributed by atoms with Crippen molar-refractivity contribution in [1.82, 2.24) is 4.90 Å². The molecule has 0 aromatic heterocycles. The van der Waals surface area contributed by atoms with E-state index in [0.717, 1.165) is 0 Å². The van der Waals surface area contributed by atoms with Crippen LogP contribution in [-0.4, -0.2) is 39.4 Å². The van der Waals surface area contributed by atoms with Gasteiger partial charge in [-0.2, -0.15) is 4.90 Å². The van der Waals surface area contributed by atoms with Crippen LogP contribution in [0.15, 0.2) is 51.6 Å². The number of aromatic hydroxyl groups is 1. The molecule has 0 spiro atoms. The van der Waals surface area contributed by atoms with Crippen LogP contribution >= 0.6 is 27.5 Å². The molecule has 5 rings (SSSR count). The number of likely N-dealkylation sites (tertiary alicyclic amines) is 1. The summed E-state index contributed by atoms with van der Waals surface area (Å²) in [6.07, 6.45) is 3.26. The lowest BCUT2D eigenvalue weighted by Crippen LogP contribution is -2.42. The summed E-state index contributed by atoms with van der Waals surface area (Å²) in [5.74, 6) is -5.16. The van der Waals surface area contributed by atoms with Crippen LogP contribution in [0, 0.1) is 17.8 Å². The van der Waals surface area contributed by atoms with E-state index in [-0.39, 0.29) is 50.8 Å². The number of amides is 4. The minimum Gasteiger partial charge on any atom is -0.508 e. The lowest BCUT2D eigenvalue weighted by atomic mass is 9.59. The van der Waals surface area contributed by atoms with E-state index in [1.807, 2.05) is 0 Å². The van der Waals surface area contributed by atoms with E-state index in [0.29, 0.717) is 16.0 Å². The van der Waals surface area contributed by atoms with Crippen molar-refractivity contribution in [2.45, 2.75) is 18.8 Å². The van der Waals surface area contributed by atoms with E-state index in [9.17, 15) is 29.1 Å². The second-order valence-corrected chi connectivity index (χ2v) is 9.71. The van der Waals surface area contributed by atoms with Crippen LogP contribution in [-0.2, 0) is 19.2 Å². The zero-order chi connectivity index (χ0) is 23.8. The van der Waals surface area contributed by atoms with E-state index in [1.54, 1.807) is 12.1 Å². The number of phenols is 1. The summed E-state index contributed by atoms with van der Waals surface area (Å²) in [7, 11) is 0. The van der Waals surface area contributed by atoms with Gasteiger partial charge in [0, 0.05) is 28.2 Å². The number of hydrogen-bond donors (Lipinski definition) is 2. The van der Waals surface area contributed by atoms with Crippen molar-refractivity contribution in [3.8, 4) is 5.75 Å². The highest BCUT2D eigenvalue weighted by molar-refractivity contribution is 9.12. The summed E-state index contributed by atoms with van der Waals surface area (Å²) in [5, 5.41) is 10.0. The number of primary amides is 1. The second kappa shape index (κ2) is 7.50. The number of Topliss-reactive ketones (excluding diaryl/α,β-unsaturated/α-hetero) is 1. The second-order valence-electron chi connectivity index (χ2n) is 8.45. The minimum absolute atomic E-state index is 0.0632. The van der Waals surface area contributed by atoms with Crippen molar-refractivity contribution >= 4 is 56.9 Å². The van der Waals surface area contributed by atoms with E-state index in [2.05, 4.69) is 15.9 Å². The van der Waals surface area contributed by atoms with Gasteiger partial charge in [-0.15, -0.1) is 0 Å². The molecule has 168 valence electrons. The molecule has 1 aromatic carbocycles. The van der Waals surface area contributed by atoms with Crippen LogP contribution in [0.25, 0.3) is 0 Å². The Kier molecular flexibility index (Phi) is 4.95. The molecule has 8 nitrogen and oxygen atoms in total. The molecule has 0 bridgehead atoms. The highest BCUT2D eigenvalue weighted by Crippen LogP contribution is 2.56. The number of rotatable bonds is 1. The SMILES string of the molecule is NC(=O)N1C(=O)C2CC=C3C(c4ccc(O)cc4Cl)C4=C(CC3C2C1=O)C(=O)C(Br)=CC4=O. The molecule has 0 saturated carbocycles. The number of hydrogen-bond acceptors (Lipinski definition) is 6. The fraction of sp³-hybridized carbons (Fsp3) is 0.261. The molecule has 1 fully saturated rings.